The minimum Gasteiger partial charge on any atom is -0.484 e. The number of carbonyl (C=O) groups is 1. The normalized spacial score (nSPS) is 15.0. The lowest BCUT2D eigenvalue weighted by Crippen LogP contribution is -2.44. The number of rotatable bonds is 5. The van der Waals surface area contributed by atoms with E-state index < -0.39 is 0 Å². The summed E-state index contributed by atoms with van der Waals surface area (Å²) in [4.78, 5) is 16.6. The first-order valence-corrected chi connectivity index (χ1v) is 9.18. The highest BCUT2D eigenvalue weighted by molar-refractivity contribution is 6.33. The third-order valence-corrected chi connectivity index (χ3v) is 4.81. The molecule has 0 saturated carbocycles. The molecule has 138 valence electrons. The lowest BCUT2D eigenvalue weighted by Gasteiger charge is -2.34. The van der Waals surface area contributed by atoms with Crippen LogP contribution in [0.4, 0.5) is 11.4 Å². The van der Waals surface area contributed by atoms with Crippen LogP contribution in [-0.4, -0.2) is 50.6 Å². The zero-order chi connectivity index (χ0) is 18.5. The smallest absolute Gasteiger partial charge is 0.262 e. The van der Waals surface area contributed by atoms with Gasteiger partial charge in [0.25, 0.3) is 5.91 Å². The molecule has 0 aliphatic carbocycles. The molecule has 1 fully saturated rings. The SMILES string of the molecule is CN1CCN(c2ccc(NC(=O)COc3ccc(Cl)cc3)cc2Cl)CC1. The van der Waals surface area contributed by atoms with E-state index in [1.807, 2.05) is 12.1 Å². The van der Waals surface area contributed by atoms with Gasteiger partial charge in [-0.25, -0.2) is 0 Å². The first-order chi connectivity index (χ1) is 12.5. The minimum absolute atomic E-state index is 0.0839. The Bertz CT molecular complexity index is 760. The number of nitrogens with zero attached hydrogens (tertiary/aromatic N) is 2. The molecule has 1 saturated heterocycles. The van der Waals surface area contributed by atoms with Crippen LogP contribution in [0.25, 0.3) is 0 Å². The average Bonchev–Trinajstić information content (AvgIpc) is 2.62. The molecule has 2 aromatic rings. The molecule has 1 heterocycles. The summed E-state index contributed by atoms with van der Waals surface area (Å²) in [5.74, 6) is 0.344. The standard InChI is InChI=1S/C19H21Cl2N3O2/c1-23-8-10-24(11-9-23)18-7-4-15(12-17(18)21)22-19(25)13-26-16-5-2-14(20)3-6-16/h2-7,12H,8-11,13H2,1H3,(H,22,25). The largest absolute Gasteiger partial charge is 0.484 e. The molecule has 0 atom stereocenters. The van der Waals surface area contributed by atoms with Crippen molar-refractivity contribution in [3.8, 4) is 5.75 Å². The van der Waals surface area contributed by atoms with Gasteiger partial charge in [0.15, 0.2) is 6.61 Å². The zero-order valence-electron chi connectivity index (χ0n) is 14.5. The van der Waals surface area contributed by atoms with Crippen molar-refractivity contribution in [3.05, 3.63) is 52.5 Å². The zero-order valence-corrected chi connectivity index (χ0v) is 16.1. The highest BCUT2D eigenvalue weighted by Gasteiger charge is 2.17. The number of halogens is 2. The maximum absolute atomic E-state index is 12.1. The second-order valence-corrected chi connectivity index (χ2v) is 7.09. The Kier molecular flexibility index (Phi) is 6.25. The van der Waals surface area contributed by atoms with Gasteiger partial charge in [0.1, 0.15) is 5.75 Å². The molecule has 1 aliphatic heterocycles. The Balaban J connectivity index is 1.55. The number of carbonyl (C=O) groups excluding carboxylic acids is 1. The van der Waals surface area contributed by atoms with E-state index in [1.165, 1.54) is 0 Å². The van der Waals surface area contributed by atoms with Gasteiger partial charge in [-0.05, 0) is 49.5 Å². The number of piperazine rings is 1. The van der Waals surface area contributed by atoms with Gasteiger partial charge in [0.2, 0.25) is 0 Å². The van der Waals surface area contributed by atoms with E-state index in [2.05, 4.69) is 22.2 Å². The molecule has 26 heavy (non-hydrogen) atoms. The van der Waals surface area contributed by atoms with Crippen LogP contribution >= 0.6 is 23.2 Å². The molecular formula is C19H21Cl2N3O2. The number of likely N-dealkylation sites (N-methyl/N-ethyl adjacent to an activating group) is 1. The summed E-state index contributed by atoms with van der Waals surface area (Å²) in [6.45, 7) is 3.82. The fraction of sp³-hybridized carbons (Fsp3) is 0.316. The first-order valence-electron chi connectivity index (χ1n) is 8.42. The highest BCUT2D eigenvalue weighted by atomic mass is 35.5. The monoisotopic (exact) mass is 393 g/mol. The fourth-order valence-corrected chi connectivity index (χ4v) is 3.19. The molecule has 0 unspecified atom stereocenters. The van der Waals surface area contributed by atoms with Crippen LogP contribution < -0.4 is 15.0 Å². The summed E-state index contributed by atoms with van der Waals surface area (Å²) in [5.41, 5.74) is 1.65. The van der Waals surface area contributed by atoms with Crippen molar-refractivity contribution >= 4 is 40.5 Å². The molecule has 3 rings (SSSR count). The van der Waals surface area contributed by atoms with E-state index >= 15 is 0 Å². The summed E-state index contributed by atoms with van der Waals surface area (Å²) in [6, 6.07) is 12.4. The van der Waals surface area contributed by atoms with E-state index in [-0.39, 0.29) is 12.5 Å². The second kappa shape index (κ2) is 8.62. The lowest BCUT2D eigenvalue weighted by molar-refractivity contribution is -0.118. The van der Waals surface area contributed by atoms with Crippen LogP contribution in [-0.2, 0) is 4.79 Å². The van der Waals surface area contributed by atoms with Gasteiger partial charge in [0.05, 0.1) is 10.7 Å². The third-order valence-electron chi connectivity index (χ3n) is 4.26. The van der Waals surface area contributed by atoms with Gasteiger partial charge in [-0.15, -0.1) is 0 Å². The predicted molar refractivity (Wildman–Crippen MR) is 107 cm³/mol. The van der Waals surface area contributed by atoms with Crippen molar-refractivity contribution in [2.75, 3.05) is 50.1 Å². The van der Waals surface area contributed by atoms with E-state index in [4.69, 9.17) is 27.9 Å². The first kappa shape index (κ1) is 18.8. The molecule has 1 amide bonds. The fourth-order valence-electron chi connectivity index (χ4n) is 2.77. The van der Waals surface area contributed by atoms with E-state index in [1.54, 1.807) is 30.3 Å². The molecule has 0 radical (unpaired) electrons. The highest BCUT2D eigenvalue weighted by Crippen LogP contribution is 2.29. The molecule has 0 spiro atoms. The quantitative estimate of drug-likeness (QED) is 0.839. The summed E-state index contributed by atoms with van der Waals surface area (Å²) < 4.78 is 5.44. The summed E-state index contributed by atoms with van der Waals surface area (Å²) in [5, 5.41) is 4.05. The van der Waals surface area contributed by atoms with Gasteiger partial charge in [-0.3, -0.25) is 4.79 Å². The Hall–Kier alpha value is -1.95. The number of amides is 1. The van der Waals surface area contributed by atoms with Crippen molar-refractivity contribution in [2.45, 2.75) is 0 Å². The van der Waals surface area contributed by atoms with Crippen LogP contribution in [0.3, 0.4) is 0 Å². The molecular weight excluding hydrogens is 373 g/mol. The van der Waals surface area contributed by atoms with Crippen molar-refractivity contribution in [2.24, 2.45) is 0 Å². The predicted octanol–water partition coefficient (Wildman–Crippen LogP) is 3.76. The topological polar surface area (TPSA) is 44.8 Å². The van der Waals surface area contributed by atoms with Gasteiger partial charge in [0, 0.05) is 36.9 Å². The van der Waals surface area contributed by atoms with Crippen LogP contribution in [0.1, 0.15) is 0 Å². The van der Waals surface area contributed by atoms with Crippen LogP contribution in [0.2, 0.25) is 10.0 Å². The minimum atomic E-state index is -0.247. The van der Waals surface area contributed by atoms with Crippen molar-refractivity contribution in [1.29, 1.82) is 0 Å². The number of anilines is 2. The molecule has 1 aliphatic rings. The second-order valence-electron chi connectivity index (χ2n) is 6.25. The van der Waals surface area contributed by atoms with Gasteiger partial charge in [-0.2, -0.15) is 0 Å². The molecule has 2 aromatic carbocycles. The van der Waals surface area contributed by atoms with E-state index in [0.29, 0.717) is 21.5 Å². The Morgan fingerprint density at radius 1 is 1.08 bits per heavy atom. The Labute approximate surface area is 163 Å². The van der Waals surface area contributed by atoms with Gasteiger partial charge >= 0.3 is 0 Å². The van der Waals surface area contributed by atoms with Gasteiger partial charge in [-0.1, -0.05) is 23.2 Å². The number of nitrogens with one attached hydrogen (secondary N) is 1. The molecule has 1 N–H and O–H groups in total. The molecule has 7 heteroatoms. The summed E-state index contributed by atoms with van der Waals surface area (Å²) in [7, 11) is 2.11. The number of ether oxygens (including phenoxy) is 1. The molecule has 0 aromatic heterocycles. The van der Waals surface area contributed by atoms with Crippen LogP contribution in [0, 0.1) is 0 Å². The van der Waals surface area contributed by atoms with Gasteiger partial charge < -0.3 is 19.9 Å². The maximum Gasteiger partial charge on any atom is 0.262 e. The number of benzene rings is 2. The summed E-state index contributed by atoms with van der Waals surface area (Å²) >= 11 is 12.2. The lowest BCUT2D eigenvalue weighted by atomic mass is 10.2. The number of hydrogen-bond donors (Lipinski definition) is 1. The van der Waals surface area contributed by atoms with Crippen molar-refractivity contribution in [3.63, 3.8) is 0 Å². The molecule has 5 nitrogen and oxygen atoms in total. The van der Waals surface area contributed by atoms with Crippen molar-refractivity contribution in [1.82, 2.24) is 4.90 Å². The maximum atomic E-state index is 12.1. The average molecular weight is 394 g/mol. The third kappa shape index (κ3) is 5.04. The Morgan fingerprint density at radius 2 is 1.77 bits per heavy atom. The van der Waals surface area contributed by atoms with Crippen LogP contribution in [0.15, 0.2) is 42.5 Å². The summed E-state index contributed by atoms with van der Waals surface area (Å²) in [6.07, 6.45) is 0. The van der Waals surface area contributed by atoms with Crippen LogP contribution in [0.5, 0.6) is 5.75 Å². The van der Waals surface area contributed by atoms with Crippen molar-refractivity contribution < 1.29 is 9.53 Å². The van der Waals surface area contributed by atoms with E-state index in [0.717, 1.165) is 31.9 Å². The molecule has 0 bridgehead atoms. The number of hydrogen-bond acceptors (Lipinski definition) is 4. The Morgan fingerprint density at radius 3 is 2.42 bits per heavy atom. The van der Waals surface area contributed by atoms with E-state index in [9.17, 15) is 4.79 Å².